The summed E-state index contributed by atoms with van der Waals surface area (Å²) in [6, 6.07) is -0.000529. The van der Waals surface area contributed by atoms with E-state index in [1.807, 2.05) is 6.92 Å². The summed E-state index contributed by atoms with van der Waals surface area (Å²) in [5, 5.41) is 13.6. The average molecular weight is 217 g/mol. The van der Waals surface area contributed by atoms with Crippen molar-refractivity contribution >= 4 is 11.8 Å². The number of carbonyl (C=O) groups is 2. The first kappa shape index (κ1) is 13.9. The van der Waals surface area contributed by atoms with Crippen LogP contribution in [-0.4, -0.2) is 42.7 Å². The summed E-state index contributed by atoms with van der Waals surface area (Å²) in [6.07, 6.45) is 1.36. The maximum absolute atomic E-state index is 11.2. The summed E-state index contributed by atoms with van der Waals surface area (Å²) in [5.74, 6) is -0.601. The Hall–Kier alpha value is -1.14. The standard InChI is InChI=1S/C9H19N3O3/c1-7(3-2-4-13)12-9(15)6-11-8(14)5-10/h7,13H,2-6,10H2,1H3,(H,11,14)(H,12,15). The van der Waals surface area contributed by atoms with E-state index in [9.17, 15) is 9.59 Å². The molecule has 0 radical (unpaired) electrons. The van der Waals surface area contributed by atoms with Gasteiger partial charge in [0.15, 0.2) is 0 Å². The first-order valence-corrected chi connectivity index (χ1v) is 4.97. The monoisotopic (exact) mass is 217 g/mol. The van der Waals surface area contributed by atoms with Crippen LogP contribution in [0.1, 0.15) is 19.8 Å². The molecule has 0 aromatic rings. The third-order valence-electron chi connectivity index (χ3n) is 1.83. The van der Waals surface area contributed by atoms with Crippen molar-refractivity contribution in [2.24, 2.45) is 5.73 Å². The Bertz CT molecular complexity index is 209. The molecule has 0 aliphatic carbocycles. The predicted octanol–water partition coefficient (Wildman–Crippen LogP) is -1.66. The fourth-order valence-electron chi connectivity index (χ4n) is 1.05. The Kier molecular flexibility index (Phi) is 7.57. The van der Waals surface area contributed by atoms with Crippen LogP contribution in [0.15, 0.2) is 0 Å². The fraction of sp³-hybridized carbons (Fsp3) is 0.778. The zero-order chi connectivity index (χ0) is 11.7. The lowest BCUT2D eigenvalue weighted by Gasteiger charge is -2.13. The summed E-state index contributed by atoms with van der Waals surface area (Å²) in [4.78, 5) is 21.9. The summed E-state index contributed by atoms with van der Waals surface area (Å²) in [5.41, 5.74) is 5.05. The second kappa shape index (κ2) is 8.19. The fourth-order valence-corrected chi connectivity index (χ4v) is 1.05. The number of carbonyl (C=O) groups excluding carboxylic acids is 2. The SMILES string of the molecule is CC(CCCO)NC(=O)CNC(=O)CN. The quantitative estimate of drug-likeness (QED) is 0.409. The summed E-state index contributed by atoms with van der Waals surface area (Å²) >= 11 is 0. The molecule has 88 valence electrons. The van der Waals surface area contributed by atoms with Crippen molar-refractivity contribution in [1.29, 1.82) is 0 Å². The van der Waals surface area contributed by atoms with E-state index in [4.69, 9.17) is 10.8 Å². The Morgan fingerprint density at radius 2 is 2.07 bits per heavy atom. The molecule has 0 aliphatic rings. The Morgan fingerprint density at radius 3 is 2.60 bits per heavy atom. The van der Waals surface area contributed by atoms with E-state index in [1.54, 1.807) is 0 Å². The van der Waals surface area contributed by atoms with E-state index in [2.05, 4.69) is 10.6 Å². The van der Waals surface area contributed by atoms with Crippen molar-refractivity contribution in [1.82, 2.24) is 10.6 Å². The zero-order valence-corrected chi connectivity index (χ0v) is 8.95. The number of aliphatic hydroxyl groups is 1. The van der Waals surface area contributed by atoms with Crippen LogP contribution in [0.25, 0.3) is 0 Å². The first-order valence-electron chi connectivity index (χ1n) is 4.97. The summed E-state index contributed by atoms with van der Waals surface area (Å²) < 4.78 is 0. The van der Waals surface area contributed by atoms with Crippen LogP contribution >= 0.6 is 0 Å². The third kappa shape index (κ3) is 7.90. The lowest BCUT2D eigenvalue weighted by atomic mass is 10.2. The highest BCUT2D eigenvalue weighted by Gasteiger charge is 2.07. The number of nitrogens with one attached hydrogen (secondary N) is 2. The highest BCUT2D eigenvalue weighted by molar-refractivity contribution is 5.85. The first-order chi connectivity index (χ1) is 7.10. The van der Waals surface area contributed by atoms with Gasteiger partial charge >= 0.3 is 0 Å². The van der Waals surface area contributed by atoms with Gasteiger partial charge in [-0.3, -0.25) is 9.59 Å². The molecule has 0 aliphatic heterocycles. The van der Waals surface area contributed by atoms with Crippen molar-refractivity contribution in [3.8, 4) is 0 Å². The van der Waals surface area contributed by atoms with Crippen molar-refractivity contribution in [2.75, 3.05) is 19.7 Å². The van der Waals surface area contributed by atoms with Crippen molar-refractivity contribution in [3.05, 3.63) is 0 Å². The number of amides is 2. The smallest absolute Gasteiger partial charge is 0.239 e. The van der Waals surface area contributed by atoms with E-state index in [0.29, 0.717) is 12.8 Å². The molecule has 1 unspecified atom stereocenters. The molecule has 6 heteroatoms. The molecule has 1 atom stereocenters. The third-order valence-corrected chi connectivity index (χ3v) is 1.83. The number of aliphatic hydroxyl groups excluding tert-OH is 1. The minimum absolute atomic E-state index is 0.000529. The van der Waals surface area contributed by atoms with E-state index in [0.717, 1.165) is 0 Å². The average Bonchev–Trinajstić information content (AvgIpc) is 2.22. The van der Waals surface area contributed by atoms with Gasteiger partial charge in [0, 0.05) is 12.6 Å². The van der Waals surface area contributed by atoms with E-state index in [-0.39, 0.29) is 37.6 Å². The maximum Gasteiger partial charge on any atom is 0.239 e. The van der Waals surface area contributed by atoms with Gasteiger partial charge in [-0.25, -0.2) is 0 Å². The second-order valence-corrected chi connectivity index (χ2v) is 3.32. The van der Waals surface area contributed by atoms with Crippen LogP contribution in [0.2, 0.25) is 0 Å². The molecule has 0 aromatic heterocycles. The molecular formula is C9H19N3O3. The Morgan fingerprint density at radius 1 is 1.40 bits per heavy atom. The minimum Gasteiger partial charge on any atom is -0.396 e. The number of nitrogens with two attached hydrogens (primary N) is 1. The molecule has 0 heterocycles. The molecule has 0 rings (SSSR count). The van der Waals surface area contributed by atoms with Crippen LogP contribution in [0.4, 0.5) is 0 Å². The van der Waals surface area contributed by atoms with Crippen LogP contribution in [-0.2, 0) is 9.59 Å². The van der Waals surface area contributed by atoms with Gasteiger partial charge in [0.05, 0.1) is 13.1 Å². The molecule has 0 aromatic carbocycles. The Labute approximate surface area is 89.2 Å². The molecule has 2 amide bonds. The number of hydrogen-bond acceptors (Lipinski definition) is 4. The molecule has 0 spiro atoms. The highest BCUT2D eigenvalue weighted by Crippen LogP contribution is 1.94. The van der Waals surface area contributed by atoms with Crippen LogP contribution in [0.3, 0.4) is 0 Å². The maximum atomic E-state index is 11.2. The lowest BCUT2D eigenvalue weighted by Crippen LogP contribution is -2.42. The number of hydrogen-bond donors (Lipinski definition) is 4. The molecule has 0 saturated heterocycles. The molecule has 0 fully saturated rings. The van der Waals surface area contributed by atoms with Gasteiger partial charge in [-0.05, 0) is 19.8 Å². The van der Waals surface area contributed by atoms with Crippen LogP contribution in [0.5, 0.6) is 0 Å². The van der Waals surface area contributed by atoms with Crippen molar-refractivity contribution in [2.45, 2.75) is 25.8 Å². The topological polar surface area (TPSA) is 104 Å². The van der Waals surface area contributed by atoms with Crippen molar-refractivity contribution in [3.63, 3.8) is 0 Å². The summed E-state index contributed by atoms with van der Waals surface area (Å²) in [6.45, 7) is 1.79. The van der Waals surface area contributed by atoms with Gasteiger partial charge in [-0.2, -0.15) is 0 Å². The van der Waals surface area contributed by atoms with Crippen molar-refractivity contribution < 1.29 is 14.7 Å². The van der Waals surface area contributed by atoms with Gasteiger partial charge in [-0.1, -0.05) is 0 Å². The zero-order valence-electron chi connectivity index (χ0n) is 8.95. The van der Waals surface area contributed by atoms with E-state index >= 15 is 0 Å². The van der Waals surface area contributed by atoms with Gasteiger partial charge in [0.2, 0.25) is 11.8 Å². The lowest BCUT2D eigenvalue weighted by molar-refractivity contribution is -0.125. The Balaban J connectivity index is 3.59. The van der Waals surface area contributed by atoms with Gasteiger partial charge in [0.25, 0.3) is 0 Å². The number of rotatable bonds is 7. The van der Waals surface area contributed by atoms with E-state index < -0.39 is 0 Å². The minimum atomic E-state index is -0.354. The van der Waals surface area contributed by atoms with Gasteiger partial charge < -0.3 is 21.5 Å². The second-order valence-electron chi connectivity index (χ2n) is 3.32. The molecular weight excluding hydrogens is 198 g/mol. The molecule has 6 nitrogen and oxygen atoms in total. The van der Waals surface area contributed by atoms with E-state index in [1.165, 1.54) is 0 Å². The molecule has 0 bridgehead atoms. The largest absolute Gasteiger partial charge is 0.396 e. The molecule has 15 heavy (non-hydrogen) atoms. The highest BCUT2D eigenvalue weighted by atomic mass is 16.3. The van der Waals surface area contributed by atoms with Gasteiger partial charge in [0.1, 0.15) is 0 Å². The molecule has 5 N–H and O–H groups in total. The van der Waals surface area contributed by atoms with Crippen LogP contribution < -0.4 is 16.4 Å². The van der Waals surface area contributed by atoms with Crippen LogP contribution in [0, 0.1) is 0 Å². The summed E-state index contributed by atoms with van der Waals surface area (Å²) in [7, 11) is 0. The van der Waals surface area contributed by atoms with Gasteiger partial charge in [-0.15, -0.1) is 0 Å². The normalized spacial score (nSPS) is 11.9. The predicted molar refractivity (Wildman–Crippen MR) is 56.0 cm³/mol. The molecule has 0 saturated carbocycles.